The van der Waals surface area contributed by atoms with Crippen LogP contribution in [0.25, 0.3) is 0 Å². The van der Waals surface area contributed by atoms with Gasteiger partial charge in [-0.1, -0.05) is 37.3 Å². The molecule has 0 aromatic heterocycles. The highest BCUT2D eigenvalue weighted by molar-refractivity contribution is 5.98. The molecule has 1 fully saturated rings. The van der Waals surface area contributed by atoms with Crippen molar-refractivity contribution >= 4 is 11.7 Å². The van der Waals surface area contributed by atoms with E-state index in [0.717, 1.165) is 12.2 Å². The molecule has 5 nitrogen and oxygen atoms in total. The molecule has 3 rings (SSSR count). The Morgan fingerprint density at radius 3 is 2.41 bits per heavy atom. The summed E-state index contributed by atoms with van der Waals surface area (Å²) >= 11 is 0. The Hall–Kier alpha value is -2.66. The molecule has 1 amide bonds. The van der Waals surface area contributed by atoms with Gasteiger partial charge in [-0.25, -0.2) is 0 Å². The minimum absolute atomic E-state index is 0.0189. The van der Waals surface area contributed by atoms with Crippen LogP contribution in [0.3, 0.4) is 0 Å². The highest BCUT2D eigenvalue weighted by atomic mass is 16.5. The summed E-state index contributed by atoms with van der Waals surface area (Å²) in [5.74, 6) is 1.29. The third-order valence-electron chi connectivity index (χ3n) is 5.54. The first-order valence-corrected chi connectivity index (χ1v) is 10.4. The van der Waals surface area contributed by atoms with Gasteiger partial charge in [0.2, 0.25) is 5.91 Å². The van der Waals surface area contributed by atoms with Crippen LogP contribution in [-0.4, -0.2) is 42.8 Å². The lowest BCUT2D eigenvalue weighted by atomic mass is 9.89. The molecule has 1 heterocycles. The second kappa shape index (κ2) is 10.2. The predicted octanol–water partition coefficient (Wildman–Crippen LogP) is 3.64. The summed E-state index contributed by atoms with van der Waals surface area (Å²) in [7, 11) is 0. The van der Waals surface area contributed by atoms with Gasteiger partial charge in [-0.15, -0.1) is 0 Å². The first-order chi connectivity index (χ1) is 14.1. The van der Waals surface area contributed by atoms with Gasteiger partial charge in [0.15, 0.2) is 5.78 Å². The molecule has 1 aliphatic heterocycles. The topological polar surface area (TPSA) is 72.6 Å². The number of amides is 1. The van der Waals surface area contributed by atoms with E-state index in [0.29, 0.717) is 31.8 Å². The molecule has 2 atom stereocenters. The fourth-order valence-corrected chi connectivity index (χ4v) is 3.87. The highest BCUT2D eigenvalue weighted by Gasteiger charge is 2.35. The van der Waals surface area contributed by atoms with Gasteiger partial charge in [0, 0.05) is 37.4 Å². The number of carbonyl (C=O) groups is 2. The molecular weight excluding hydrogens is 364 g/mol. The summed E-state index contributed by atoms with van der Waals surface area (Å²) < 4.78 is 5.54. The summed E-state index contributed by atoms with van der Waals surface area (Å²) in [5, 5.41) is 0. The number of ether oxygens (including phenoxy) is 1. The molecule has 1 saturated heterocycles. The molecule has 2 aromatic rings. The van der Waals surface area contributed by atoms with Crippen LogP contribution in [0.4, 0.5) is 0 Å². The van der Waals surface area contributed by atoms with E-state index in [-0.39, 0.29) is 36.4 Å². The number of hydrogen-bond donors (Lipinski definition) is 1. The summed E-state index contributed by atoms with van der Waals surface area (Å²) in [6.45, 7) is 4.59. The Labute approximate surface area is 172 Å². The van der Waals surface area contributed by atoms with Crippen molar-refractivity contribution in [2.45, 2.75) is 32.1 Å². The van der Waals surface area contributed by atoms with Crippen molar-refractivity contribution in [3.63, 3.8) is 0 Å². The Bertz CT molecular complexity index is 805. The van der Waals surface area contributed by atoms with Crippen molar-refractivity contribution in [2.75, 3.05) is 26.2 Å². The Balaban J connectivity index is 1.53. The smallest absolute Gasteiger partial charge is 0.223 e. The Kier molecular flexibility index (Phi) is 7.42. The number of benzene rings is 2. The third kappa shape index (κ3) is 5.45. The van der Waals surface area contributed by atoms with Gasteiger partial charge in [-0.05, 0) is 48.7 Å². The number of carbonyl (C=O) groups excluding carboxylic acids is 2. The van der Waals surface area contributed by atoms with E-state index < -0.39 is 0 Å². The average Bonchev–Trinajstić information content (AvgIpc) is 3.21. The lowest BCUT2D eigenvalue weighted by Crippen LogP contribution is -2.30. The number of Topliss-reactive ketones (excluding diaryl/α,β-unsaturated/α-hetero) is 1. The lowest BCUT2D eigenvalue weighted by molar-refractivity contribution is -0.130. The zero-order chi connectivity index (χ0) is 20.6. The summed E-state index contributed by atoms with van der Waals surface area (Å²) in [4.78, 5) is 27.0. The zero-order valence-electron chi connectivity index (χ0n) is 17.0. The van der Waals surface area contributed by atoms with Crippen molar-refractivity contribution in [3.05, 3.63) is 65.7 Å². The molecule has 0 radical (unpaired) electrons. The average molecular weight is 395 g/mol. The van der Waals surface area contributed by atoms with E-state index in [2.05, 4.69) is 12.1 Å². The lowest BCUT2D eigenvalue weighted by Gasteiger charge is -2.16. The van der Waals surface area contributed by atoms with Crippen molar-refractivity contribution in [1.82, 2.24) is 4.90 Å². The SMILES string of the molecule is CCCOc1ccc(C(=O)CCC(=O)N2C[C@@H](CN)[C@H](c3ccccc3)C2)cc1. The maximum atomic E-state index is 12.7. The largest absolute Gasteiger partial charge is 0.494 e. The molecule has 29 heavy (non-hydrogen) atoms. The third-order valence-corrected chi connectivity index (χ3v) is 5.54. The molecule has 0 unspecified atom stereocenters. The van der Waals surface area contributed by atoms with Crippen LogP contribution >= 0.6 is 0 Å². The highest BCUT2D eigenvalue weighted by Crippen LogP contribution is 2.32. The van der Waals surface area contributed by atoms with Crippen molar-refractivity contribution < 1.29 is 14.3 Å². The van der Waals surface area contributed by atoms with Crippen LogP contribution in [-0.2, 0) is 4.79 Å². The van der Waals surface area contributed by atoms with Crippen LogP contribution in [0.1, 0.15) is 48.0 Å². The second-order valence-electron chi connectivity index (χ2n) is 7.61. The number of ketones is 1. The maximum Gasteiger partial charge on any atom is 0.223 e. The van der Waals surface area contributed by atoms with E-state index in [1.165, 1.54) is 5.56 Å². The fourth-order valence-electron chi connectivity index (χ4n) is 3.87. The maximum absolute atomic E-state index is 12.7. The first kappa shape index (κ1) is 21.1. The van der Waals surface area contributed by atoms with Gasteiger partial charge in [0.25, 0.3) is 0 Å². The standard InChI is InChI=1S/C24H30N2O3/c1-2-14-29-21-10-8-19(9-11-21)23(27)12-13-24(28)26-16-20(15-25)22(17-26)18-6-4-3-5-7-18/h3-11,20,22H,2,12-17,25H2,1H3/t20-,22+/m1/s1. The summed E-state index contributed by atoms with van der Waals surface area (Å²) in [6.07, 6.45) is 1.38. The summed E-state index contributed by atoms with van der Waals surface area (Å²) in [5.41, 5.74) is 7.80. The molecule has 5 heteroatoms. The monoisotopic (exact) mass is 394 g/mol. The van der Waals surface area contributed by atoms with E-state index in [9.17, 15) is 9.59 Å². The van der Waals surface area contributed by atoms with Crippen molar-refractivity contribution in [2.24, 2.45) is 11.7 Å². The van der Waals surface area contributed by atoms with Crippen molar-refractivity contribution in [1.29, 1.82) is 0 Å². The molecule has 154 valence electrons. The molecule has 0 bridgehead atoms. The van der Waals surface area contributed by atoms with Gasteiger partial charge in [0.1, 0.15) is 5.75 Å². The van der Waals surface area contributed by atoms with E-state index >= 15 is 0 Å². The van der Waals surface area contributed by atoms with Crippen LogP contribution < -0.4 is 10.5 Å². The van der Waals surface area contributed by atoms with E-state index in [1.807, 2.05) is 42.2 Å². The van der Waals surface area contributed by atoms with E-state index in [1.54, 1.807) is 12.1 Å². The Morgan fingerprint density at radius 1 is 1.03 bits per heavy atom. The second-order valence-corrected chi connectivity index (χ2v) is 7.61. The minimum atomic E-state index is -0.0189. The fraction of sp³-hybridized carbons (Fsp3) is 0.417. The molecule has 2 N–H and O–H groups in total. The number of nitrogens with two attached hydrogens (primary N) is 1. The van der Waals surface area contributed by atoms with Crippen LogP contribution in [0.5, 0.6) is 5.75 Å². The van der Waals surface area contributed by atoms with Crippen LogP contribution in [0, 0.1) is 5.92 Å². The summed E-state index contributed by atoms with van der Waals surface area (Å²) in [6, 6.07) is 17.4. The van der Waals surface area contributed by atoms with Crippen molar-refractivity contribution in [3.8, 4) is 5.75 Å². The number of nitrogens with zero attached hydrogens (tertiary/aromatic N) is 1. The first-order valence-electron chi connectivity index (χ1n) is 10.4. The molecular formula is C24H30N2O3. The van der Waals surface area contributed by atoms with Crippen LogP contribution in [0.2, 0.25) is 0 Å². The molecule has 1 aliphatic rings. The predicted molar refractivity (Wildman–Crippen MR) is 114 cm³/mol. The van der Waals surface area contributed by atoms with E-state index in [4.69, 9.17) is 10.5 Å². The molecule has 0 saturated carbocycles. The Morgan fingerprint density at radius 2 is 1.76 bits per heavy atom. The van der Waals surface area contributed by atoms with Gasteiger partial charge in [-0.2, -0.15) is 0 Å². The molecule has 2 aromatic carbocycles. The molecule has 0 aliphatic carbocycles. The molecule has 0 spiro atoms. The zero-order valence-corrected chi connectivity index (χ0v) is 17.0. The van der Waals surface area contributed by atoms with Gasteiger partial charge < -0.3 is 15.4 Å². The number of likely N-dealkylation sites (tertiary alicyclic amines) is 1. The minimum Gasteiger partial charge on any atom is -0.494 e. The van der Waals surface area contributed by atoms with Crippen LogP contribution in [0.15, 0.2) is 54.6 Å². The normalized spacial score (nSPS) is 18.6. The number of hydrogen-bond acceptors (Lipinski definition) is 4. The van der Waals surface area contributed by atoms with Gasteiger partial charge in [-0.3, -0.25) is 9.59 Å². The van der Waals surface area contributed by atoms with Gasteiger partial charge in [0.05, 0.1) is 6.61 Å². The number of rotatable bonds is 9. The quantitative estimate of drug-likeness (QED) is 0.659. The van der Waals surface area contributed by atoms with Gasteiger partial charge >= 0.3 is 0 Å².